The molecule has 3 aromatic rings. The predicted octanol–water partition coefficient (Wildman–Crippen LogP) is 5.81. The summed E-state index contributed by atoms with van der Waals surface area (Å²) >= 11 is 13.3. The first kappa shape index (κ1) is 23.2. The summed E-state index contributed by atoms with van der Waals surface area (Å²) < 4.78 is 28.1. The normalized spacial score (nSPS) is 24.5. The zero-order valence-corrected chi connectivity index (χ0v) is 19.7. The minimum atomic E-state index is -1.25. The van der Waals surface area contributed by atoms with Gasteiger partial charge in [-0.1, -0.05) is 59.6 Å². The maximum atomic E-state index is 14.1. The third kappa shape index (κ3) is 3.88. The third-order valence-corrected chi connectivity index (χ3v) is 7.95. The van der Waals surface area contributed by atoms with Gasteiger partial charge in [0.1, 0.15) is 5.82 Å². The number of fused-ring (bicyclic) bond motifs is 2. The first-order valence-electron chi connectivity index (χ1n) is 11.2. The largest absolute Gasteiger partial charge is 0.369 e. The van der Waals surface area contributed by atoms with Crippen LogP contribution in [0.1, 0.15) is 48.5 Å². The maximum absolute atomic E-state index is 14.1. The Hall–Kier alpha value is -2.54. The molecule has 1 aromatic heterocycles. The summed E-state index contributed by atoms with van der Waals surface area (Å²) in [5.74, 6) is -2.35. The van der Waals surface area contributed by atoms with Gasteiger partial charge in [-0.15, -0.1) is 0 Å². The number of amides is 1. The van der Waals surface area contributed by atoms with Gasteiger partial charge in [0, 0.05) is 28.2 Å². The number of hydrogen-bond acceptors (Lipinski definition) is 3. The fourth-order valence-corrected chi connectivity index (χ4v) is 6.31. The van der Waals surface area contributed by atoms with Crippen molar-refractivity contribution in [2.24, 2.45) is 5.73 Å². The van der Waals surface area contributed by atoms with E-state index in [2.05, 4.69) is 9.88 Å². The third-order valence-electron chi connectivity index (χ3n) is 7.26. The van der Waals surface area contributed by atoms with Crippen LogP contribution in [0, 0.1) is 11.8 Å². The molecule has 2 saturated heterocycles. The molecule has 34 heavy (non-hydrogen) atoms. The molecule has 4 nitrogen and oxygen atoms in total. The second-order valence-electron chi connectivity index (χ2n) is 9.13. The van der Waals surface area contributed by atoms with Crippen LogP contribution in [0.3, 0.4) is 0 Å². The average molecular weight is 502 g/mol. The molecule has 2 bridgehead atoms. The molecular formula is C26H23Cl2F2N3O. The van der Waals surface area contributed by atoms with E-state index in [1.165, 1.54) is 0 Å². The number of carbonyl (C=O) groups is 1. The lowest BCUT2D eigenvalue weighted by Crippen LogP contribution is -2.56. The van der Waals surface area contributed by atoms with E-state index >= 15 is 0 Å². The molecule has 8 heteroatoms. The minimum absolute atomic E-state index is 0.0566. The highest BCUT2D eigenvalue weighted by Gasteiger charge is 2.55. The Balaban J connectivity index is 1.61. The molecule has 0 aliphatic carbocycles. The van der Waals surface area contributed by atoms with Crippen molar-refractivity contribution in [1.82, 2.24) is 9.88 Å². The smallest absolute Gasteiger partial charge is 0.229 e. The lowest BCUT2D eigenvalue weighted by molar-refractivity contribution is -0.127. The first-order valence-corrected chi connectivity index (χ1v) is 12.0. The number of aromatic nitrogens is 1. The van der Waals surface area contributed by atoms with Crippen LogP contribution in [0.4, 0.5) is 8.78 Å². The van der Waals surface area contributed by atoms with E-state index in [4.69, 9.17) is 28.9 Å². The summed E-state index contributed by atoms with van der Waals surface area (Å²) in [6.07, 6.45) is 2.23. The fourth-order valence-electron chi connectivity index (χ4n) is 5.84. The summed E-state index contributed by atoms with van der Waals surface area (Å²) in [7, 11) is 0. The summed E-state index contributed by atoms with van der Waals surface area (Å²) in [6, 6.07) is 16.7. The van der Waals surface area contributed by atoms with Gasteiger partial charge in [0.05, 0.1) is 17.2 Å². The summed E-state index contributed by atoms with van der Waals surface area (Å²) in [5, 5.41) is 1.24. The molecule has 176 valence electrons. The quantitative estimate of drug-likeness (QED) is 0.449. The number of carbonyl (C=O) groups excluding carboxylic acids is 1. The van der Waals surface area contributed by atoms with E-state index in [0.717, 1.165) is 30.0 Å². The summed E-state index contributed by atoms with van der Waals surface area (Å²) in [4.78, 5) is 19.1. The molecule has 0 saturated carbocycles. The number of benzene rings is 2. The molecule has 5 rings (SSSR count). The highest BCUT2D eigenvalue weighted by atomic mass is 35.5. The van der Waals surface area contributed by atoms with Crippen LogP contribution in [-0.2, 0) is 10.2 Å². The molecule has 0 radical (unpaired) electrons. The van der Waals surface area contributed by atoms with Crippen molar-refractivity contribution in [3.8, 4) is 0 Å². The van der Waals surface area contributed by atoms with Crippen molar-refractivity contribution in [2.75, 3.05) is 0 Å². The Morgan fingerprint density at radius 2 is 1.50 bits per heavy atom. The zero-order valence-electron chi connectivity index (χ0n) is 18.2. The van der Waals surface area contributed by atoms with Crippen molar-refractivity contribution in [3.63, 3.8) is 0 Å². The van der Waals surface area contributed by atoms with Gasteiger partial charge >= 0.3 is 0 Å². The average Bonchev–Trinajstić information content (AvgIpc) is 3.04. The number of halogens is 4. The number of hydrogen-bond donors (Lipinski definition) is 1. The zero-order chi connectivity index (χ0) is 24.0. The number of piperidine rings is 1. The molecule has 3 atom stereocenters. The van der Waals surface area contributed by atoms with Crippen LogP contribution >= 0.6 is 23.2 Å². The number of nitrogens with two attached hydrogens (primary N) is 1. The van der Waals surface area contributed by atoms with Crippen molar-refractivity contribution in [1.29, 1.82) is 0 Å². The van der Waals surface area contributed by atoms with E-state index in [0.29, 0.717) is 29.0 Å². The monoisotopic (exact) mass is 501 g/mol. The van der Waals surface area contributed by atoms with E-state index in [1.807, 2.05) is 48.5 Å². The molecule has 2 fully saturated rings. The predicted molar refractivity (Wildman–Crippen MR) is 128 cm³/mol. The van der Waals surface area contributed by atoms with Crippen molar-refractivity contribution >= 4 is 29.1 Å². The van der Waals surface area contributed by atoms with Gasteiger partial charge in [0.15, 0.2) is 0 Å². The van der Waals surface area contributed by atoms with Crippen LogP contribution in [0.2, 0.25) is 10.0 Å². The number of rotatable bonds is 5. The number of pyridine rings is 1. The second-order valence-corrected chi connectivity index (χ2v) is 9.94. The van der Waals surface area contributed by atoms with Gasteiger partial charge in [-0.25, -0.2) is 9.37 Å². The second kappa shape index (κ2) is 8.91. The van der Waals surface area contributed by atoms with Gasteiger partial charge in [0.2, 0.25) is 11.9 Å². The van der Waals surface area contributed by atoms with Gasteiger partial charge < -0.3 is 5.73 Å². The topological polar surface area (TPSA) is 59.2 Å². The summed E-state index contributed by atoms with van der Waals surface area (Å²) in [6.45, 7) is 0. The lowest BCUT2D eigenvalue weighted by Gasteiger charge is -2.48. The molecule has 2 aromatic carbocycles. The standard InChI is InChI=1S/C26H23Cl2F2N3O/c27-20-7-3-1-5-18(20)24(19-6-2-4-8-21(19)28)33-16-9-10-17(33)14-26(13-16,25(31)34)22-11-15(29)12-23(30)32-22/h1-8,11-12,16-17,24H,9-10,13-14H2,(H2,31,34)/t16-,17+,26?. The molecule has 1 unspecified atom stereocenters. The van der Waals surface area contributed by atoms with E-state index in [-0.39, 0.29) is 23.8 Å². The number of primary amides is 1. The Morgan fingerprint density at radius 3 is 1.97 bits per heavy atom. The van der Waals surface area contributed by atoms with Gasteiger partial charge in [0.25, 0.3) is 0 Å². The van der Waals surface area contributed by atoms with Crippen LogP contribution in [0.25, 0.3) is 0 Å². The van der Waals surface area contributed by atoms with E-state index in [9.17, 15) is 13.6 Å². The maximum Gasteiger partial charge on any atom is 0.229 e. The Kier molecular flexibility index (Phi) is 6.09. The van der Waals surface area contributed by atoms with Crippen LogP contribution < -0.4 is 5.73 Å². The molecular weight excluding hydrogens is 479 g/mol. The molecule has 2 N–H and O–H groups in total. The Morgan fingerprint density at radius 1 is 0.971 bits per heavy atom. The number of nitrogens with zero attached hydrogens (tertiary/aromatic N) is 2. The van der Waals surface area contributed by atoms with Gasteiger partial charge in [-0.05, 0) is 55.0 Å². The van der Waals surface area contributed by atoms with Crippen molar-refractivity contribution < 1.29 is 13.6 Å². The molecule has 1 amide bonds. The lowest BCUT2D eigenvalue weighted by atomic mass is 9.70. The van der Waals surface area contributed by atoms with Gasteiger partial charge in [-0.2, -0.15) is 4.39 Å². The Labute approximate surface area is 206 Å². The van der Waals surface area contributed by atoms with Crippen molar-refractivity contribution in [3.05, 3.63) is 99.3 Å². The highest BCUT2D eigenvalue weighted by molar-refractivity contribution is 6.32. The van der Waals surface area contributed by atoms with Crippen LogP contribution in [0.5, 0.6) is 0 Å². The molecule has 0 spiro atoms. The highest BCUT2D eigenvalue weighted by Crippen LogP contribution is 2.52. The van der Waals surface area contributed by atoms with Gasteiger partial charge in [-0.3, -0.25) is 9.69 Å². The van der Waals surface area contributed by atoms with Crippen LogP contribution in [0.15, 0.2) is 60.7 Å². The van der Waals surface area contributed by atoms with E-state index in [1.54, 1.807) is 0 Å². The molecule has 3 heterocycles. The Bertz CT molecular complexity index is 1170. The fraction of sp³-hybridized carbons (Fsp3) is 0.308. The summed E-state index contributed by atoms with van der Waals surface area (Å²) in [5.41, 5.74) is 6.52. The molecule has 2 aliphatic rings. The minimum Gasteiger partial charge on any atom is -0.369 e. The van der Waals surface area contributed by atoms with E-state index < -0.39 is 23.1 Å². The van der Waals surface area contributed by atoms with Crippen molar-refractivity contribution in [2.45, 2.75) is 49.2 Å². The SMILES string of the molecule is NC(=O)C1(c2cc(F)cc(F)n2)C[C@H]2CC[C@@H](C1)N2C(c1ccccc1Cl)c1ccccc1Cl. The first-order chi connectivity index (χ1) is 16.3. The molecule has 2 aliphatic heterocycles. The van der Waals surface area contributed by atoms with Crippen LogP contribution in [-0.4, -0.2) is 27.9 Å².